The predicted octanol–water partition coefficient (Wildman–Crippen LogP) is 4.19. The van der Waals surface area contributed by atoms with Gasteiger partial charge in [-0.25, -0.2) is 5.26 Å². The molecule has 2 bridgehead atoms. The van der Waals surface area contributed by atoms with Crippen molar-refractivity contribution >= 4 is 12.3 Å². The molecule has 0 amide bonds. The standard InChI is InChI=1S/C15H24O4S/c1-9(2)13-8-14-11(4)5-6-12(14)10(3)7-15(13,17-14)18-20-19-16/h9,11-13,16H,3,5-8H2,1-2,4H3. The third-order valence-corrected chi connectivity index (χ3v) is 6.17. The van der Waals surface area contributed by atoms with Crippen molar-refractivity contribution in [2.75, 3.05) is 0 Å². The van der Waals surface area contributed by atoms with Gasteiger partial charge >= 0.3 is 0 Å². The van der Waals surface area contributed by atoms with Gasteiger partial charge in [-0.1, -0.05) is 32.9 Å². The lowest BCUT2D eigenvalue weighted by Crippen LogP contribution is -2.49. The minimum Gasteiger partial charge on any atom is -0.341 e. The Morgan fingerprint density at radius 1 is 1.45 bits per heavy atom. The number of ether oxygens (including phenoxy) is 1. The molecular weight excluding hydrogens is 276 g/mol. The maximum absolute atomic E-state index is 8.61. The highest BCUT2D eigenvalue weighted by molar-refractivity contribution is 7.89. The van der Waals surface area contributed by atoms with Crippen molar-refractivity contribution in [3.8, 4) is 0 Å². The summed E-state index contributed by atoms with van der Waals surface area (Å²) in [7, 11) is 0. The molecule has 5 heteroatoms. The fourth-order valence-electron chi connectivity index (χ4n) is 4.78. The molecule has 1 spiro atoms. The third-order valence-electron chi connectivity index (χ3n) is 5.76. The summed E-state index contributed by atoms with van der Waals surface area (Å²) in [4.78, 5) is 0. The van der Waals surface area contributed by atoms with Crippen molar-refractivity contribution in [2.45, 2.75) is 57.8 Å². The largest absolute Gasteiger partial charge is 0.341 e. The van der Waals surface area contributed by atoms with Crippen LogP contribution >= 0.6 is 12.3 Å². The van der Waals surface area contributed by atoms with Gasteiger partial charge in [-0.15, -0.1) is 4.33 Å². The van der Waals surface area contributed by atoms with Gasteiger partial charge in [-0.2, -0.15) is 0 Å². The first-order valence-corrected chi connectivity index (χ1v) is 8.15. The topological polar surface area (TPSA) is 47.9 Å². The van der Waals surface area contributed by atoms with Gasteiger partial charge in [0.25, 0.3) is 0 Å². The van der Waals surface area contributed by atoms with Crippen molar-refractivity contribution in [3.63, 3.8) is 0 Å². The van der Waals surface area contributed by atoms with Crippen LogP contribution in [-0.4, -0.2) is 16.6 Å². The molecule has 20 heavy (non-hydrogen) atoms. The smallest absolute Gasteiger partial charge is 0.197 e. The molecule has 2 heterocycles. The predicted molar refractivity (Wildman–Crippen MR) is 77.5 cm³/mol. The lowest BCUT2D eigenvalue weighted by Gasteiger charge is -2.45. The fraction of sp³-hybridized carbons (Fsp3) is 0.867. The highest BCUT2D eigenvalue weighted by Crippen LogP contribution is 2.65. The summed E-state index contributed by atoms with van der Waals surface area (Å²) >= 11 is 0.609. The van der Waals surface area contributed by atoms with Crippen LogP contribution in [0, 0.1) is 23.7 Å². The maximum atomic E-state index is 8.61. The first-order valence-electron chi connectivity index (χ1n) is 7.49. The van der Waals surface area contributed by atoms with Crippen LogP contribution in [0.5, 0.6) is 0 Å². The summed E-state index contributed by atoms with van der Waals surface area (Å²) in [6, 6.07) is 0. The van der Waals surface area contributed by atoms with Crippen LogP contribution in [-0.2, 0) is 13.3 Å². The van der Waals surface area contributed by atoms with Crippen LogP contribution in [0.2, 0.25) is 0 Å². The molecule has 4 nitrogen and oxygen atoms in total. The van der Waals surface area contributed by atoms with E-state index in [2.05, 4.69) is 31.7 Å². The first-order chi connectivity index (χ1) is 9.45. The van der Waals surface area contributed by atoms with Gasteiger partial charge in [0.2, 0.25) is 0 Å². The Hall–Kier alpha value is -0.0700. The molecule has 1 N–H and O–H groups in total. The molecule has 2 saturated heterocycles. The van der Waals surface area contributed by atoms with E-state index < -0.39 is 5.79 Å². The highest BCUT2D eigenvalue weighted by atomic mass is 32.2. The third kappa shape index (κ3) is 1.91. The zero-order valence-electron chi connectivity index (χ0n) is 12.4. The Morgan fingerprint density at radius 2 is 2.20 bits per heavy atom. The monoisotopic (exact) mass is 300 g/mol. The van der Waals surface area contributed by atoms with Gasteiger partial charge in [0.05, 0.1) is 5.60 Å². The minimum atomic E-state index is -0.701. The second-order valence-corrected chi connectivity index (χ2v) is 7.47. The van der Waals surface area contributed by atoms with E-state index in [9.17, 15) is 0 Å². The molecule has 1 aliphatic carbocycles. The van der Waals surface area contributed by atoms with E-state index in [1.165, 1.54) is 18.4 Å². The Bertz CT molecular complexity index is 413. The van der Waals surface area contributed by atoms with Crippen LogP contribution < -0.4 is 0 Å². The molecule has 0 radical (unpaired) electrons. The maximum Gasteiger partial charge on any atom is 0.197 e. The van der Waals surface area contributed by atoms with Gasteiger partial charge < -0.3 is 4.74 Å². The molecule has 114 valence electrons. The first kappa shape index (κ1) is 14.9. The van der Waals surface area contributed by atoms with E-state index >= 15 is 0 Å². The fourth-order valence-corrected chi connectivity index (χ4v) is 5.15. The molecule has 5 atom stereocenters. The van der Waals surface area contributed by atoms with Crippen LogP contribution in [0.25, 0.3) is 0 Å². The molecular formula is C15H24O4S. The van der Waals surface area contributed by atoms with Gasteiger partial charge in [0.15, 0.2) is 18.1 Å². The normalized spacial score (nSPS) is 47.0. The summed E-state index contributed by atoms with van der Waals surface area (Å²) in [6.07, 6.45) is 4.08. The zero-order chi connectivity index (χ0) is 14.5. The lowest BCUT2D eigenvalue weighted by molar-refractivity contribution is -0.255. The number of hydrogen-bond donors (Lipinski definition) is 1. The van der Waals surface area contributed by atoms with Crippen LogP contribution in [0.4, 0.5) is 0 Å². The summed E-state index contributed by atoms with van der Waals surface area (Å²) < 4.78 is 16.4. The average molecular weight is 300 g/mol. The second kappa shape index (κ2) is 4.99. The average Bonchev–Trinajstić information content (AvgIpc) is 2.86. The van der Waals surface area contributed by atoms with Gasteiger partial charge in [0.1, 0.15) is 0 Å². The molecule has 1 saturated carbocycles. The van der Waals surface area contributed by atoms with Crippen molar-refractivity contribution in [1.82, 2.24) is 0 Å². The molecule has 5 unspecified atom stereocenters. The van der Waals surface area contributed by atoms with E-state index in [4.69, 9.17) is 14.2 Å². The Kier molecular flexibility index (Phi) is 3.70. The van der Waals surface area contributed by atoms with Crippen LogP contribution in [0.3, 0.4) is 0 Å². The van der Waals surface area contributed by atoms with Crippen molar-refractivity contribution in [3.05, 3.63) is 12.2 Å². The molecule has 3 fully saturated rings. The summed E-state index contributed by atoms with van der Waals surface area (Å²) in [5, 5.41) is 8.61. The van der Waals surface area contributed by atoms with E-state index in [1.54, 1.807) is 0 Å². The quantitative estimate of drug-likeness (QED) is 0.365. The number of fused-ring (bicyclic) bond motifs is 1. The van der Waals surface area contributed by atoms with Crippen molar-refractivity contribution in [1.29, 1.82) is 0 Å². The van der Waals surface area contributed by atoms with E-state index in [-0.39, 0.29) is 5.60 Å². The molecule has 0 aromatic rings. The zero-order valence-corrected chi connectivity index (χ0v) is 13.2. The Balaban J connectivity index is 1.98. The Morgan fingerprint density at radius 3 is 2.85 bits per heavy atom. The second-order valence-electron chi connectivity index (χ2n) is 7.02. The van der Waals surface area contributed by atoms with E-state index in [1.807, 2.05) is 0 Å². The molecule has 3 aliphatic rings. The summed E-state index contributed by atoms with van der Waals surface area (Å²) in [5.74, 6) is 1.03. The minimum absolute atomic E-state index is 0.125. The van der Waals surface area contributed by atoms with Gasteiger partial charge in [-0.05, 0) is 31.1 Å². The van der Waals surface area contributed by atoms with Crippen molar-refractivity contribution in [2.24, 2.45) is 23.7 Å². The van der Waals surface area contributed by atoms with Crippen LogP contribution in [0.1, 0.15) is 46.5 Å². The van der Waals surface area contributed by atoms with Gasteiger partial charge in [0, 0.05) is 18.3 Å². The summed E-state index contributed by atoms with van der Waals surface area (Å²) in [6.45, 7) is 11.0. The lowest BCUT2D eigenvalue weighted by atomic mass is 9.77. The molecule has 0 aromatic heterocycles. The van der Waals surface area contributed by atoms with E-state index in [0.29, 0.717) is 42.4 Å². The Labute approximate surface area is 125 Å². The van der Waals surface area contributed by atoms with Gasteiger partial charge in [-0.3, -0.25) is 4.18 Å². The van der Waals surface area contributed by atoms with E-state index in [0.717, 1.165) is 6.42 Å². The summed E-state index contributed by atoms with van der Waals surface area (Å²) in [5.41, 5.74) is 1.11. The highest BCUT2D eigenvalue weighted by Gasteiger charge is 2.68. The SMILES string of the molecule is C=C1CC2(OSOO)OC3(CC2C(C)C)C(C)CCC13. The van der Waals surface area contributed by atoms with Crippen LogP contribution in [0.15, 0.2) is 12.2 Å². The number of rotatable bonds is 4. The molecule has 2 aliphatic heterocycles. The molecule has 0 aromatic carbocycles. The number of hydrogen-bond acceptors (Lipinski definition) is 5. The van der Waals surface area contributed by atoms with Crippen molar-refractivity contribution < 1.29 is 18.5 Å². The molecule has 3 rings (SSSR count).